The SMILES string of the molecule is CCN(CC)CCN(Cc1cc2cc(OC)ccc2[nH]c1=O)C(=S)Nc1ccc(F)cc1. The predicted molar refractivity (Wildman–Crippen MR) is 132 cm³/mol. The summed E-state index contributed by atoms with van der Waals surface area (Å²) in [6.07, 6.45) is 0. The van der Waals surface area contributed by atoms with Crippen LogP contribution in [0.25, 0.3) is 10.9 Å². The van der Waals surface area contributed by atoms with Crippen LogP contribution in [0.3, 0.4) is 0 Å². The molecule has 2 aromatic carbocycles. The highest BCUT2D eigenvalue weighted by atomic mass is 32.1. The molecule has 3 aromatic rings. The number of hydrogen-bond acceptors (Lipinski definition) is 4. The molecule has 0 aliphatic rings. The van der Waals surface area contributed by atoms with E-state index in [0.717, 1.165) is 36.3 Å². The van der Waals surface area contributed by atoms with Crippen molar-refractivity contribution in [1.82, 2.24) is 14.8 Å². The Morgan fingerprint density at radius 3 is 2.47 bits per heavy atom. The largest absolute Gasteiger partial charge is 0.497 e. The Morgan fingerprint density at radius 1 is 1.09 bits per heavy atom. The van der Waals surface area contributed by atoms with Crippen molar-refractivity contribution < 1.29 is 9.13 Å². The van der Waals surface area contributed by atoms with Crippen molar-refractivity contribution in [1.29, 1.82) is 0 Å². The molecule has 0 spiro atoms. The summed E-state index contributed by atoms with van der Waals surface area (Å²) >= 11 is 5.66. The molecule has 8 heteroatoms. The van der Waals surface area contributed by atoms with Gasteiger partial charge in [-0.1, -0.05) is 13.8 Å². The van der Waals surface area contributed by atoms with E-state index in [-0.39, 0.29) is 11.4 Å². The van der Waals surface area contributed by atoms with Crippen LogP contribution in [0.1, 0.15) is 19.4 Å². The van der Waals surface area contributed by atoms with Gasteiger partial charge in [0.1, 0.15) is 11.6 Å². The van der Waals surface area contributed by atoms with Crippen LogP contribution in [0.15, 0.2) is 53.3 Å². The molecule has 0 amide bonds. The molecule has 0 aliphatic heterocycles. The van der Waals surface area contributed by atoms with Gasteiger partial charge in [-0.05, 0) is 73.8 Å². The number of benzene rings is 2. The molecular weight excluding hydrogens is 427 g/mol. The fraction of sp³-hybridized carbons (Fsp3) is 0.333. The number of fused-ring (bicyclic) bond motifs is 1. The van der Waals surface area contributed by atoms with Crippen molar-refractivity contribution in [2.45, 2.75) is 20.4 Å². The second kappa shape index (κ2) is 11.1. The van der Waals surface area contributed by atoms with E-state index in [1.54, 1.807) is 19.2 Å². The molecule has 0 radical (unpaired) electrons. The van der Waals surface area contributed by atoms with Crippen LogP contribution < -0.4 is 15.6 Å². The second-order valence-electron chi connectivity index (χ2n) is 7.46. The van der Waals surface area contributed by atoms with E-state index >= 15 is 0 Å². The van der Waals surface area contributed by atoms with Crippen molar-refractivity contribution in [2.75, 3.05) is 38.6 Å². The molecule has 0 atom stereocenters. The van der Waals surface area contributed by atoms with E-state index in [2.05, 4.69) is 29.0 Å². The van der Waals surface area contributed by atoms with Crippen LogP contribution in [0, 0.1) is 5.82 Å². The summed E-state index contributed by atoms with van der Waals surface area (Å²) in [7, 11) is 1.61. The molecule has 3 rings (SSSR count). The fourth-order valence-electron chi connectivity index (χ4n) is 3.47. The molecule has 0 bridgehead atoms. The Kier molecular flexibility index (Phi) is 8.19. The predicted octanol–water partition coefficient (Wildman–Crippen LogP) is 4.22. The minimum atomic E-state index is -0.307. The third kappa shape index (κ3) is 6.05. The van der Waals surface area contributed by atoms with Crippen LogP contribution in [-0.2, 0) is 6.54 Å². The van der Waals surface area contributed by atoms with E-state index < -0.39 is 0 Å². The molecule has 0 unspecified atom stereocenters. The Bertz CT molecular complexity index is 1110. The maximum atomic E-state index is 13.3. The number of H-pyrrole nitrogens is 1. The first-order chi connectivity index (χ1) is 15.4. The third-order valence-corrected chi connectivity index (χ3v) is 5.81. The van der Waals surface area contributed by atoms with Gasteiger partial charge in [0.15, 0.2) is 5.11 Å². The number of methoxy groups -OCH3 is 1. The molecule has 2 N–H and O–H groups in total. The monoisotopic (exact) mass is 456 g/mol. The van der Waals surface area contributed by atoms with Crippen LogP contribution in [0.4, 0.5) is 10.1 Å². The number of halogens is 1. The average Bonchev–Trinajstić information content (AvgIpc) is 2.80. The van der Waals surface area contributed by atoms with E-state index in [9.17, 15) is 9.18 Å². The Balaban J connectivity index is 1.86. The topological polar surface area (TPSA) is 60.6 Å². The summed E-state index contributed by atoms with van der Waals surface area (Å²) in [6.45, 7) is 7.88. The number of thiocarbonyl (C=S) groups is 1. The summed E-state index contributed by atoms with van der Waals surface area (Å²) in [5.41, 5.74) is 1.90. The van der Waals surface area contributed by atoms with Gasteiger partial charge in [-0.2, -0.15) is 0 Å². The smallest absolute Gasteiger partial charge is 0.253 e. The quantitative estimate of drug-likeness (QED) is 0.470. The molecule has 0 aliphatic carbocycles. The Labute approximate surface area is 193 Å². The standard InChI is InChI=1S/C24H29FN4O2S/c1-4-28(5-2)12-13-29(24(32)26-20-8-6-19(25)7-9-20)16-18-14-17-15-21(31-3)10-11-22(17)27-23(18)30/h6-11,14-15H,4-5,12-13,16H2,1-3H3,(H,26,32)(H,27,30). The number of aromatic amines is 1. The summed E-state index contributed by atoms with van der Waals surface area (Å²) in [4.78, 5) is 20.0. The number of nitrogens with zero attached hydrogens (tertiary/aromatic N) is 2. The summed E-state index contributed by atoms with van der Waals surface area (Å²) in [6, 6.07) is 13.5. The number of pyridine rings is 1. The summed E-state index contributed by atoms with van der Waals surface area (Å²) < 4.78 is 18.6. The molecule has 1 aromatic heterocycles. The molecule has 0 saturated carbocycles. The molecular formula is C24H29FN4O2S. The van der Waals surface area contributed by atoms with Crippen molar-refractivity contribution in [3.05, 3.63) is 70.3 Å². The first-order valence-corrected chi connectivity index (χ1v) is 11.1. The van der Waals surface area contributed by atoms with E-state index in [1.807, 2.05) is 29.2 Å². The Hall–Kier alpha value is -2.97. The fourth-order valence-corrected chi connectivity index (χ4v) is 3.74. The van der Waals surface area contributed by atoms with Crippen molar-refractivity contribution in [2.24, 2.45) is 0 Å². The highest BCUT2D eigenvalue weighted by Crippen LogP contribution is 2.19. The average molecular weight is 457 g/mol. The van der Waals surface area contributed by atoms with Gasteiger partial charge in [0.05, 0.1) is 13.7 Å². The van der Waals surface area contributed by atoms with Gasteiger partial charge in [0.2, 0.25) is 0 Å². The van der Waals surface area contributed by atoms with E-state index in [1.165, 1.54) is 12.1 Å². The lowest BCUT2D eigenvalue weighted by Gasteiger charge is -2.29. The van der Waals surface area contributed by atoms with Crippen molar-refractivity contribution in [3.63, 3.8) is 0 Å². The second-order valence-corrected chi connectivity index (χ2v) is 7.85. The summed E-state index contributed by atoms with van der Waals surface area (Å²) in [5, 5.41) is 4.53. The van der Waals surface area contributed by atoms with Gasteiger partial charge >= 0.3 is 0 Å². The lowest BCUT2D eigenvalue weighted by molar-refractivity contribution is 0.266. The molecule has 6 nitrogen and oxygen atoms in total. The number of nitrogens with one attached hydrogen (secondary N) is 2. The van der Waals surface area contributed by atoms with Crippen LogP contribution in [0.2, 0.25) is 0 Å². The van der Waals surface area contributed by atoms with Crippen LogP contribution in [-0.4, -0.2) is 53.2 Å². The maximum Gasteiger partial charge on any atom is 0.253 e. The zero-order chi connectivity index (χ0) is 23.1. The highest BCUT2D eigenvalue weighted by molar-refractivity contribution is 7.80. The highest BCUT2D eigenvalue weighted by Gasteiger charge is 2.15. The lowest BCUT2D eigenvalue weighted by atomic mass is 10.1. The maximum absolute atomic E-state index is 13.3. The van der Waals surface area contributed by atoms with Gasteiger partial charge in [-0.25, -0.2) is 4.39 Å². The minimum absolute atomic E-state index is 0.153. The molecule has 1 heterocycles. The number of rotatable bonds is 9. The summed E-state index contributed by atoms with van der Waals surface area (Å²) in [5.74, 6) is 0.417. The van der Waals surface area contributed by atoms with Crippen molar-refractivity contribution >= 4 is 33.9 Å². The number of aromatic nitrogens is 1. The van der Waals surface area contributed by atoms with Gasteiger partial charge in [0.25, 0.3) is 5.56 Å². The lowest BCUT2D eigenvalue weighted by Crippen LogP contribution is -2.41. The number of hydrogen-bond donors (Lipinski definition) is 2. The molecule has 32 heavy (non-hydrogen) atoms. The minimum Gasteiger partial charge on any atom is -0.497 e. The van der Waals surface area contributed by atoms with Gasteiger partial charge < -0.3 is 24.8 Å². The van der Waals surface area contributed by atoms with E-state index in [0.29, 0.717) is 29.5 Å². The van der Waals surface area contributed by atoms with Gasteiger partial charge in [-0.15, -0.1) is 0 Å². The van der Waals surface area contributed by atoms with Gasteiger partial charge in [-0.3, -0.25) is 4.79 Å². The molecule has 0 fully saturated rings. The third-order valence-electron chi connectivity index (χ3n) is 5.45. The van der Waals surface area contributed by atoms with Gasteiger partial charge in [0, 0.05) is 35.2 Å². The van der Waals surface area contributed by atoms with Crippen LogP contribution >= 0.6 is 12.2 Å². The Morgan fingerprint density at radius 2 is 1.81 bits per heavy atom. The number of ether oxygens (including phenoxy) is 1. The molecule has 170 valence electrons. The normalized spacial score (nSPS) is 11.0. The first kappa shape index (κ1) is 23.7. The first-order valence-electron chi connectivity index (χ1n) is 10.7. The zero-order valence-electron chi connectivity index (χ0n) is 18.7. The van der Waals surface area contributed by atoms with Crippen LogP contribution in [0.5, 0.6) is 5.75 Å². The molecule has 0 saturated heterocycles. The number of anilines is 1. The van der Waals surface area contributed by atoms with Crippen molar-refractivity contribution in [3.8, 4) is 5.75 Å². The zero-order valence-corrected chi connectivity index (χ0v) is 19.5. The van der Waals surface area contributed by atoms with E-state index in [4.69, 9.17) is 17.0 Å². The number of likely N-dealkylation sites (N-methyl/N-ethyl adjacent to an activating group) is 1.